The number of aliphatic hydroxyl groups excluding tert-OH is 1. The van der Waals surface area contributed by atoms with Crippen molar-refractivity contribution in [3.05, 3.63) is 66.2 Å². The zero-order valence-corrected chi connectivity index (χ0v) is 14.3. The fraction of sp³-hybridized carbons (Fsp3) is 0.286. The van der Waals surface area contributed by atoms with Gasteiger partial charge in [0.2, 0.25) is 0 Å². The molecule has 0 unspecified atom stereocenters. The molecule has 1 aliphatic rings. The molecular formula is C21H23NO3. The summed E-state index contributed by atoms with van der Waals surface area (Å²) in [4.78, 5) is 12.6. The summed E-state index contributed by atoms with van der Waals surface area (Å²) < 4.78 is 5.69. The van der Waals surface area contributed by atoms with Crippen molar-refractivity contribution in [2.24, 2.45) is 5.92 Å². The minimum Gasteiger partial charge on any atom is -0.493 e. The first-order valence-corrected chi connectivity index (χ1v) is 8.63. The fourth-order valence-corrected chi connectivity index (χ4v) is 3.08. The van der Waals surface area contributed by atoms with Crippen LogP contribution in [0.3, 0.4) is 0 Å². The molecule has 0 aliphatic heterocycles. The Labute approximate surface area is 148 Å². The number of para-hydroxylation sites is 1. The zero-order chi connectivity index (χ0) is 17.6. The predicted octanol–water partition coefficient (Wildman–Crippen LogP) is 3.42. The molecule has 4 nitrogen and oxygen atoms in total. The van der Waals surface area contributed by atoms with Crippen molar-refractivity contribution in [3.8, 4) is 16.9 Å². The SMILES string of the molecule is CCOc1ccccc1-c1cccc(C(=O)N[C@@H]2C=C[C@H](CO)C2)c1. The average molecular weight is 337 g/mol. The average Bonchev–Trinajstić information content (AvgIpc) is 3.10. The monoisotopic (exact) mass is 337 g/mol. The van der Waals surface area contributed by atoms with Crippen molar-refractivity contribution in [2.45, 2.75) is 19.4 Å². The number of ether oxygens (including phenoxy) is 1. The third-order valence-corrected chi connectivity index (χ3v) is 4.35. The van der Waals surface area contributed by atoms with Crippen molar-refractivity contribution in [3.63, 3.8) is 0 Å². The highest BCUT2D eigenvalue weighted by Gasteiger charge is 2.20. The highest BCUT2D eigenvalue weighted by atomic mass is 16.5. The van der Waals surface area contributed by atoms with Gasteiger partial charge in [-0.15, -0.1) is 0 Å². The number of carbonyl (C=O) groups excluding carboxylic acids is 1. The maximum Gasteiger partial charge on any atom is 0.251 e. The first kappa shape index (κ1) is 17.2. The molecule has 0 saturated heterocycles. The maximum atomic E-state index is 12.6. The second kappa shape index (κ2) is 7.99. The quantitative estimate of drug-likeness (QED) is 0.794. The number of rotatable bonds is 6. The molecule has 0 spiro atoms. The van der Waals surface area contributed by atoms with Gasteiger partial charge in [-0.25, -0.2) is 0 Å². The molecule has 0 heterocycles. The Balaban J connectivity index is 1.78. The van der Waals surface area contributed by atoms with Crippen molar-refractivity contribution >= 4 is 5.91 Å². The van der Waals surface area contributed by atoms with Gasteiger partial charge in [-0.2, -0.15) is 0 Å². The molecule has 4 heteroatoms. The Bertz CT molecular complexity index is 769. The van der Waals surface area contributed by atoms with Gasteiger partial charge in [0.1, 0.15) is 5.75 Å². The molecule has 0 aromatic heterocycles. The van der Waals surface area contributed by atoms with Gasteiger partial charge in [0.25, 0.3) is 5.91 Å². The molecule has 130 valence electrons. The summed E-state index contributed by atoms with van der Waals surface area (Å²) in [7, 11) is 0. The van der Waals surface area contributed by atoms with E-state index in [1.165, 1.54) is 0 Å². The molecule has 2 aromatic rings. The number of benzene rings is 2. The third-order valence-electron chi connectivity index (χ3n) is 4.35. The van der Waals surface area contributed by atoms with Gasteiger partial charge in [-0.05, 0) is 37.1 Å². The lowest BCUT2D eigenvalue weighted by Gasteiger charge is -2.14. The Morgan fingerprint density at radius 3 is 2.80 bits per heavy atom. The summed E-state index contributed by atoms with van der Waals surface area (Å²) in [5.41, 5.74) is 2.54. The van der Waals surface area contributed by atoms with Crippen molar-refractivity contribution < 1.29 is 14.6 Å². The summed E-state index contributed by atoms with van der Waals surface area (Å²) in [5, 5.41) is 12.2. The van der Waals surface area contributed by atoms with Gasteiger partial charge < -0.3 is 15.2 Å². The summed E-state index contributed by atoms with van der Waals surface area (Å²) >= 11 is 0. The molecule has 25 heavy (non-hydrogen) atoms. The number of amides is 1. The fourth-order valence-electron chi connectivity index (χ4n) is 3.08. The largest absolute Gasteiger partial charge is 0.493 e. The van der Waals surface area contributed by atoms with Gasteiger partial charge in [0.05, 0.1) is 6.61 Å². The van der Waals surface area contributed by atoms with Crippen LogP contribution in [0.25, 0.3) is 11.1 Å². The van der Waals surface area contributed by atoms with E-state index in [-0.39, 0.29) is 24.5 Å². The standard InChI is InChI=1S/C21H23NO3/c1-2-25-20-9-4-3-8-19(20)16-6-5-7-17(13-16)21(24)22-18-11-10-15(12-18)14-23/h3-11,13,15,18,23H,2,12,14H2,1H3,(H,22,24)/t15-,18+/m0/s1. The van der Waals surface area contributed by atoms with E-state index in [4.69, 9.17) is 4.74 Å². The zero-order valence-electron chi connectivity index (χ0n) is 14.3. The molecule has 2 aromatic carbocycles. The lowest BCUT2D eigenvalue weighted by molar-refractivity contribution is 0.0941. The van der Waals surface area contributed by atoms with Gasteiger partial charge in [0.15, 0.2) is 0 Å². The Hall–Kier alpha value is -2.59. The maximum absolute atomic E-state index is 12.6. The first-order chi connectivity index (χ1) is 12.2. The number of carbonyl (C=O) groups is 1. The summed E-state index contributed by atoms with van der Waals surface area (Å²) in [6.45, 7) is 2.67. The van der Waals surface area contributed by atoms with E-state index in [2.05, 4.69) is 5.32 Å². The Morgan fingerprint density at radius 2 is 2.04 bits per heavy atom. The lowest BCUT2D eigenvalue weighted by Crippen LogP contribution is -2.32. The summed E-state index contributed by atoms with van der Waals surface area (Å²) in [6, 6.07) is 15.4. The van der Waals surface area contributed by atoms with Crippen LogP contribution in [0.4, 0.5) is 0 Å². The Morgan fingerprint density at radius 1 is 1.20 bits per heavy atom. The highest BCUT2D eigenvalue weighted by Crippen LogP contribution is 2.30. The minimum absolute atomic E-state index is 0.0241. The van der Waals surface area contributed by atoms with Crippen LogP contribution in [0.2, 0.25) is 0 Å². The van der Waals surface area contributed by atoms with Crippen LogP contribution in [-0.2, 0) is 0 Å². The first-order valence-electron chi connectivity index (χ1n) is 8.63. The molecule has 0 radical (unpaired) electrons. The van der Waals surface area contributed by atoms with E-state index in [0.29, 0.717) is 12.2 Å². The molecule has 0 saturated carbocycles. The van der Waals surface area contributed by atoms with Gasteiger partial charge in [-0.3, -0.25) is 4.79 Å². The number of aliphatic hydroxyl groups is 1. The Kier molecular flexibility index (Phi) is 5.51. The second-order valence-electron chi connectivity index (χ2n) is 6.15. The van der Waals surface area contributed by atoms with Crippen LogP contribution in [0.15, 0.2) is 60.7 Å². The summed E-state index contributed by atoms with van der Waals surface area (Å²) in [6.07, 6.45) is 4.65. The van der Waals surface area contributed by atoms with Crippen LogP contribution in [0, 0.1) is 5.92 Å². The van der Waals surface area contributed by atoms with E-state index in [0.717, 1.165) is 23.3 Å². The smallest absolute Gasteiger partial charge is 0.251 e. The van der Waals surface area contributed by atoms with E-state index in [1.54, 1.807) is 0 Å². The van der Waals surface area contributed by atoms with E-state index >= 15 is 0 Å². The second-order valence-corrected chi connectivity index (χ2v) is 6.15. The van der Waals surface area contributed by atoms with E-state index < -0.39 is 0 Å². The molecular weight excluding hydrogens is 314 g/mol. The lowest BCUT2D eigenvalue weighted by atomic mass is 10.0. The van der Waals surface area contributed by atoms with Crippen molar-refractivity contribution in [2.75, 3.05) is 13.2 Å². The normalized spacial score (nSPS) is 19.0. The van der Waals surface area contributed by atoms with Crippen LogP contribution in [0.1, 0.15) is 23.7 Å². The van der Waals surface area contributed by atoms with Gasteiger partial charge in [0, 0.05) is 29.7 Å². The van der Waals surface area contributed by atoms with Crippen molar-refractivity contribution in [1.29, 1.82) is 0 Å². The molecule has 2 N–H and O–H groups in total. The van der Waals surface area contributed by atoms with Crippen LogP contribution < -0.4 is 10.1 Å². The minimum atomic E-state index is -0.107. The molecule has 0 bridgehead atoms. The number of hydrogen-bond donors (Lipinski definition) is 2. The topological polar surface area (TPSA) is 58.6 Å². The van der Waals surface area contributed by atoms with Crippen LogP contribution >= 0.6 is 0 Å². The highest BCUT2D eigenvalue weighted by molar-refractivity contribution is 5.96. The molecule has 3 rings (SSSR count). The predicted molar refractivity (Wildman–Crippen MR) is 98.6 cm³/mol. The molecule has 0 fully saturated rings. The number of hydrogen-bond acceptors (Lipinski definition) is 3. The van der Waals surface area contributed by atoms with Gasteiger partial charge in [-0.1, -0.05) is 42.5 Å². The van der Waals surface area contributed by atoms with Gasteiger partial charge >= 0.3 is 0 Å². The van der Waals surface area contributed by atoms with E-state index in [1.807, 2.05) is 67.6 Å². The third kappa shape index (κ3) is 4.09. The summed E-state index contributed by atoms with van der Waals surface area (Å²) in [5.74, 6) is 0.839. The molecule has 2 atom stereocenters. The van der Waals surface area contributed by atoms with Crippen LogP contribution in [0.5, 0.6) is 5.75 Å². The van der Waals surface area contributed by atoms with E-state index in [9.17, 15) is 9.90 Å². The number of nitrogens with one attached hydrogen (secondary N) is 1. The van der Waals surface area contributed by atoms with Crippen LogP contribution in [-0.4, -0.2) is 30.3 Å². The van der Waals surface area contributed by atoms with Crippen molar-refractivity contribution in [1.82, 2.24) is 5.32 Å². The molecule has 1 amide bonds. The molecule has 1 aliphatic carbocycles.